The standard InChI is InChI=1S/C19H26N2O2/c1-20-14-17-12-13-18(21-23-17)19(22,15-8-4-2-5-9-15)16-10-6-3-7-11-16/h2,4-5,8-9,12,16,20,22H,3,6-7,10-11,13-14H2,1H3. The molecule has 3 rings (SSSR count). The SMILES string of the molecule is CNCC1=CCC(C(O)(c2ccccc2)C2CCCCC2)=NO1. The number of hydrogen-bond acceptors (Lipinski definition) is 4. The van der Waals surface area contributed by atoms with Gasteiger partial charge in [-0.2, -0.15) is 0 Å². The van der Waals surface area contributed by atoms with Gasteiger partial charge in [-0.1, -0.05) is 54.8 Å². The lowest BCUT2D eigenvalue weighted by molar-refractivity contribution is 0.0195. The molecule has 4 heteroatoms. The van der Waals surface area contributed by atoms with Gasteiger partial charge < -0.3 is 15.3 Å². The van der Waals surface area contributed by atoms with E-state index < -0.39 is 5.60 Å². The first-order chi connectivity index (χ1) is 11.2. The van der Waals surface area contributed by atoms with Gasteiger partial charge in [-0.3, -0.25) is 0 Å². The van der Waals surface area contributed by atoms with Crippen molar-refractivity contribution in [2.45, 2.75) is 44.1 Å². The maximum absolute atomic E-state index is 11.7. The van der Waals surface area contributed by atoms with Gasteiger partial charge in [0.25, 0.3) is 0 Å². The van der Waals surface area contributed by atoms with Crippen LogP contribution >= 0.6 is 0 Å². The second kappa shape index (κ2) is 7.28. The Bertz CT molecular complexity index is 576. The molecular weight excluding hydrogens is 288 g/mol. The van der Waals surface area contributed by atoms with E-state index >= 15 is 0 Å². The number of benzene rings is 1. The van der Waals surface area contributed by atoms with E-state index in [0.717, 1.165) is 29.9 Å². The van der Waals surface area contributed by atoms with Crippen molar-refractivity contribution >= 4 is 5.71 Å². The van der Waals surface area contributed by atoms with Crippen molar-refractivity contribution in [1.29, 1.82) is 0 Å². The van der Waals surface area contributed by atoms with E-state index in [1.165, 1.54) is 19.3 Å². The smallest absolute Gasteiger partial charge is 0.145 e. The van der Waals surface area contributed by atoms with E-state index in [1.807, 2.05) is 43.5 Å². The zero-order valence-corrected chi connectivity index (χ0v) is 13.8. The van der Waals surface area contributed by atoms with Crippen LogP contribution in [0.5, 0.6) is 0 Å². The van der Waals surface area contributed by atoms with Gasteiger partial charge in [-0.05, 0) is 37.4 Å². The molecule has 2 N–H and O–H groups in total. The molecule has 0 aromatic heterocycles. The normalized spacial score (nSPS) is 21.8. The summed E-state index contributed by atoms with van der Waals surface area (Å²) in [6, 6.07) is 9.95. The molecule has 124 valence electrons. The van der Waals surface area contributed by atoms with Crippen LogP contribution in [0.3, 0.4) is 0 Å². The fourth-order valence-electron chi connectivity index (χ4n) is 3.75. The van der Waals surface area contributed by atoms with Gasteiger partial charge >= 0.3 is 0 Å². The molecule has 1 unspecified atom stereocenters. The second-order valence-corrected chi connectivity index (χ2v) is 6.50. The van der Waals surface area contributed by atoms with Crippen LogP contribution in [0.15, 0.2) is 47.3 Å². The Hall–Kier alpha value is -1.65. The highest BCUT2D eigenvalue weighted by molar-refractivity contribution is 5.94. The quantitative estimate of drug-likeness (QED) is 0.876. The van der Waals surface area contributed by atoms with Gasteiger partial charge in [0.2, 0.25) is 0 Å². The topological polar surface area (TPSA) is 53.8 Å². The number of allylic oxidation sites excluding steroid dienone is 1. The first kappa shape index (κ1) is 16.2. The molecule has 0 bridgehead atoms. The molecule has 1 aliphatic carbocycles. The molecule has 1 atom stereocenters. The third kappa shape index (κ3) is 3.33. The van der Waals surface area contributed by atoms with E-state index in [1.54, 1.807) is 0 Å². The fraction of sp³-hybridized carbons (Fsp3) is 0.526. The summed E-state index contributed by atoms with van der Waals surface area (Å²) in [7, 11) is 1.88. The summed E-state index contributed by atoms with van der Waals surface area (Å²) < 4.78 is 0. The molecular formula is C19H26N2O2. The third-order valence-corrected chi connectivity index (χ3v) is 5.00. The third-order valence-electron chi connectivity index (χ3n) is 5.00. The van der Waals surface area contributed by atoms with Gasteiger partial charge in [0.05, 0.1) is 12.3 Å². The van der Waals surface area contributed by atoms with Crippen molar-refractivity contribution in [1.82, 2.24) is 5.32 Å². The molecule has 0 radical (unpaired) electrons. The number of rotatable bonds is 5. The van der Waals surface area contributed by atoms with Gasteiger partial charge in [-0.15, -0.1) is 0 Å². The molecule has 0 saturated heterocycles. The number of nitrogens with one attached hydrogen (secondary N) is 1. The van der Waals surface area contributed by atoms with Crippen LogP contribution in [-0.4, -0.2) is 24.4 Å². The summed E-state index contributed by atoms with van der Waals surface area (Å²) in [6.07, 6.45) is 8.35. The molecule has 1 aromatic rings. The minimum Gasteiger partial charge on any atom is -0.379 e. The van der Waals surface area contributed by atoms with E-state index in [2.05, 4.69) is 10.5 Å². The predicted molar refractivity (Wildman–Crippen MR) is 92.1 cm³/mol. The highest BCUT2D eigenvalue weighted by atomic mass is 16.6. The van der Waals surface area contributed by atoms with Crippen LogP contribution in [0.2, 0.25) is 0 Å². The van der Waals surface area contributed by atoms with Crippen LogP contribution < -0.4 is 5.32 Å². The first-order valence-corrected chi connectivity index (χ1v) is 8.61. The Morgan fingerprint density at radius 3 is 2.57 bits per heavy atom. The minimum atomic E-state index is -1.02. The maximum atomic E-state index is 11.7. The number of oxime groups is 1. The largest absolute Gasteiger partial charge is 0.379 e. The van der Waals surface area contributed by atoms with Crippen molar-refractivity contribution in [2.75, 3.05) is 13.6 Å². The van der Waals surface area contributed by atoms with Gasteiger partial charge in [0.15, 0.2) is 0 Å². The summed E-state index contributed by atoms with van der Waals surface area (Å²) >= 11 is 0. The molecule has 1 fully saturated rings. The highest BCUT2D eigenvalue weighted by Gasteiger charge is 2.44. The lowest BCUT2D eigenvalue weighted by atomic mass is 9.70. The van der Waals surface area contributed by atoms with E-state index in [4.69, 9.17) is 4.84 Å². The Morgan fingerprint density at radius 2 is 1.96 bits per heavy atom. The average Bonchev–Trinajstić information content (AvgIpc) is 2.63. The summed E-state index contributed by atoms with van der Waals surface area (Å²) in [5.74, 6) is 1.02. The summed E-state index contributed by atoms with van der Waals surface area (Å²) in [5.41, 5.74) is 0.638. The van der Waals surface area contributed by atoms with Gasteiger partial charge in [-0.25, -0.2) is 0 Å². The van der Waals surface area contributed by atoms with Gasteiger partial charge in [0.1, 0.15) is 11.4 Å². The van der Waals surface area contributed by atoms with Crippen LogP contribution in [0, 0.1) is 5.92 Å². The van der Waals surface area contributed by atoms with Crippen LogP contribution in [0.4, 0.5) is 0 Å². The molecule has 0 amide bonds. The summed E-state index contributed by atoms with van der Waals surface area (Å²) in [6.45, 7) is 0.657. The second-order valence-electron chi connectivity index (χ2n) is 6.50. The van der Waals surface area contributed by atoms with Crippen molar-refractivity contribution in [3.63, 3.8) is 0 Å². The van der Waals surface area contributed by atoms with Crippen LogP contribution in [-0.2, 0) is 10.4 Å². The van der Waals surface area contributed by atoms with Crippen molar-refractivity contribution in [3.05, 3.63) is 47.7 Å². The summed E-state index contributed by atoms with van der Waals surface area (Å²) in [5, 5.41) is 19.1. The Balaban J connectivity index is 1.90. The van der Waals surface area contributed by atoms with E-state index in [-0.39, 0.29) is 5.92 Å². The van der Waals surface area contributed by atoms with Crippen LogP contribution in [0.1, 0.15) is 44.1 Å². The molecule has 1 aromatic carbocycles. The molecule has 1 heterocycles. The molecule has 4 nitrogen and oxygen atoms in total. The Morgan fingerprint density at radius 1 is 1.22 bits per heavy atom. The zero-order valence-electron chi connectivity index (χ0n) is 13.8. The first-order valence-electron chi connectivity index (χ1n) is 8.61. The number of hydrogen-bond donors (Lipinski definition) is 2. The Kier molecular flexibility index (Phi) is 5.13. The van der Waals surface area contributed by atoms with Crippen molar-refractivity contribution in [3.8, 4) is 0 Å². The molecule has 1 aliphatic heterocycles. The summed E-state index contributed by atoms with van der Waals surface area (Å²) in [4.78, 5) is 5.52. The van der Waals surface area contributed by atoms with Crippen molar-refractivity contribution in [2.24, 2.45) is 11.1 Å². The maximum Gasteiger partial charge on any atom is 0.145 e. The average molecular weight is 314 g/mol. The van der Waals surface area contributed by atoms with E-state index in [0.29, 0.717) is 13.0 Å². The molecule has 0 spiro atoms. The van der Waals surface area contributed by atoms with Gasteiger partial charge in [0, 0.05) is 6.42 Å². The lowest BCUT2D eigenvalue weighted by Crippen LogP contribution is -2.44. The minimum absolute atomic E-state index is 0.209. The zero-order chi connectivity index (χ0) is 16.1. The number of likely N-dealkylation sites (N-methyl/N-ethyl adjacent to an activating group) is 1. The fourth-order valence-corrected chi connectivity index (χ4v) is 3.75. The number of nitrogens with zero attached hydrogens (tertiary/aromatic N) is 1. The lowest BCUT2D eigenvalue weighted by Gasteiger charge is -2.40. The van der Waals surface area contributed by atoms with Crippen LogP contribution in [0.25, 0.3) is 0 Å². The monoisotopic (exact) mass is 314 g/mol. The highest BCUT2D eigenvalue weighted by Crippen LogP contribution is 2.42. The van der Waals surface area contributed by atoms with E-state index in [9.17, 15) is 5.11 Å². The number of aliphatic hydroxyl groups is 1. The predicted octanol–water partition coefficient (Wildman–Crippen LogP) is 3.33. The molecule has 23 heavy (non-hydrogen) atoms. The molecule has 1 saturated carbocycles. The Labute approximate surface area is 138 Å². The molecule has 2 aliphatic rings. The van der Waals surface area contributed by atoms with Crippen molar-refractivity contribution < 1.29 is 9.94 Å².